The maximum atomic E-state index is 3.79. The van der Waals surface area contributed by atoms with Crippen LogP contribution in [0.15, 0.2) is 0 Å². The van der Waals surface area contributed by atoms with E-state index in [1.165, 1.54) is 64.3 Å². The van der Waals surface area contributed by atoms with E-state index in [0.717, 1.165) is 18.0 Å². The Morgan fingerprint density at radius 1 is 1.11 bits per heavy atom. The van der Waals surface area contributed by atoms with Gasteiger partial charge in [0, 0.05) is 18.1 Å². The van der Waals surface area contributed by atoms with Gasteiger partial charge in [-0.1, -0.05) is 32.6 Å². The Balaban J connectivity index is 1.58. The fourth-order valence-corrected chi connectivity index (χ4v) is 4.04. The molecular formula is C17H34N2. The molecule has 2 aliphatic rings. The van der Waals surface area contributed by atoms with Gasteiger partial charge in [-0.2, -0.15) is 0 Å². The molecule has 0 aromatic carbocycles. The minimum absolute atomic E-state index is 0.717. The first-order chi connectivity index (χ1) is 9.20. The lowest BCUT2D eigenvalue weighted by Gasteiger charge is -2.36. The number of fused-ring (bicyclic) bond motifs is 2. The molecule has 0 saturated carbocycles. The Bertz CT molecular complexity index is 240. The number of nitrogens with zero attached hydrogens (tertiary/aromatic N) is 1. The first-order valence-electron chi connectivity index (χ1n) is 8.66. The van der Waals surface area contributed by atoms with Gasteiger partial charge in [-0.15, -0.1) is 0 Å². The third-order valence-corrected chi connectivity index (χ3v) is 5.44. The van der Waals surface area contributed by atoms with Gasteiger partial charge in [0.2, 0.25) is 0 Å². The molecule has 112 valence electrons. The normalized spacial score (nSPS) is 32.7. The molecule has 0 amide bonds. The van der Waals surface area contributed by atoms with E-state index in [0.29, 0.717) is 6.04 Å². The molecule has 2 heteroatoms. The van der Waals surface area contributed by atoms with Crippen LogP contribution in [-0.2, 0) is 0 Å². The number of piperidine rings is 1. The van der Waals surface area contributed by atoms with Crippen LogP contribution in [0.3, 0.4) is 0 Å². The maximum Gasteiger partial charge on any atom is 0.00988 e. The summed E-state index contributed by atoms with van der Waals surface area (Å²) in [6.45, 7) is 5.92. The monoisotopic (exact) mass is 266 g/mol. The third-order valence-electron chi connectivity index (χ3n) is 5.44. The van der Waals surface area contributed by atoms with Gasteiger partial charge >= 0.3 is 0 Å². The first kappa shape index (κ1) is 15.3. The summed E-state index contributed by atoms with van der Waals surface area (Å²) in [5, 5.41) is 3.79. The summed E-state index contributed by atoms with van der Waals surface area (Å²) >= 11 is 0. The van der Waals surface area contributed by atoms with Crippen molar-refractivity contribution in [2.45, 2.75) is 89.8 Å². The molecule has 2 fully saturated rings. The molecule has 2 nitrogen and oxygen atoms in total. The number of nitrogens with one attached hydrogen (secondary N) is 1. The predicted molar refractivity (Wildman–Crippen MR) is 83.5 cm³/mol. The average molecular weight is 266 g/mol. The zero-order chi connectivity index (χ0) is 13.7. The van der Waals surface area contributed by atoms with E-state index in [2.05, 4.69) is 31.1 Å². The van der Waals surface area contributed by atoms with E-state index in [4.69, 9.17) is 0 Å². The highest BCUT2D eigenvalue weighted by atomic mass is 15.2. The second-order valence-electron chi connectivity index (χ2n) is 7.05. The lowest BCUT2D eigenvalue weighted by Crippen LogP contribution is -2.43. The number of unbranched alkanes of at least 4 members (excludes halogenated alkanes) is 3. The average Bonchev–Trinajstić information content (AvgIpc) is 2.65. The second-order valence-corrected chi connectivity index (χ2v) is 7.05. The molecule has 0 aromatic heterocycles. The van der Waals surface area contributed by atoms with E-state index < -0.39 is 0 Å². The smallest absolute Gasteiger partial charge is 0.00988 e. The molecule has 0 aromatic rings. The Labute approximate surface area is 120 Å². The van der Waals surface area contributed by atoms with Gasteiger partial charge in [0.05, 0.1) is 0 Å². The van der Waals surface area contributed by atoms with E-state index in [1.54, 1.807) is 0 Å². The fourth-order valence-electron chi connectivity index (χ4n) is 4.04. The van der Waals surface area contributed by atoms with E-state index >= 15 is 0 Å². The van der Waals surface area contributed by atoms with E-state index in [9.17, 15) is 0 Å². The molecule has 3 unspecified atom stereocenters. The summed E-state index contributed by atoms with van der Waals surface area (Å²) in [7, 11) is 2.34. The molecule has 2 bridgehead atoms. The van der Waals surface area contributed by atoms with Gasteiger partial charge < -0.3 is 10.2 Å². The van der Waals surface area contributed by atoms with Crippen molar-refractivity contribution in [1.29, 1.82) is 0 Å². The summed E-state index contributed by atoms with van der Waals surface area (Å²) in [6, 6.07) is 2.50. The second kappa shape index (κ2) is 7.64. The largest absolute Gasteiger partial charge is 0.314 e. The Hall–Kier alpha value is -0.0800. The van der Waals surface area contributed by atoms with Gasteiger partial charge in [0.1, 0.15) is 0 Å². The van der Waals surface area contributed by atoms with Crippen molar-refractivity contribution >= 4 is 0 Å². The molecule has 2 saturated heterocycles. The molecule has 1 N–H and O–H groups in total. The van der Waals surface area contributed by atoms with Crippen LogP contribution < -0.4 is 5.32 Å². The highest BCUT2D eigenvalue weighted by molar-refractivity contribution is 4.93. The summed E-state index contributed by atoms with van der Waals surface area (Å²) in [4.78, 5) is 2.64. The number of hydrogen-bond acceptors (Lipinski definition) is 2. The van der Waals surface area contributed by atoms with Gasteiger partial charge in [-0.25, -0.2) is 0 Å². The topological polar surface area (TPSA) is 15.3 Å². The van der Waals surface area contributed by atoms with Gasteiger partial charge in [0.25, 0.3) is 0 Å². The van der Waals surface area contributed by atoms with Crippen molar-refractivity contribution in [3.63, 3.8) is 0 Å². The SMILES string of the molecule is CCCCCCC(C)NCC1CC2CCC(C1)N2C. The Morgan fingerprint density at radius 2 is 1.79 bits per heavy atom. The van der Waals surface area contributed by atoms with Crippen LogP contribution in [0, 0.1) is 5.92 Å². The van der Waals surface area contributed by atoms with E-state index in [1.807, 2.05) is 0 Å². The minimum atomic E-state index is 0.717. The Kier molecular flexibility index (Phi) is 6.15. The van der Waals surface area contributed by atoms with Crippen LogP contribution in [0.4, 0.5) is 0 Å². The van der Waals surface area contributed by atoms with Crippen molar-refractivity contribution in [3.05, 3.63) is 0 Å². The zero-order valence-corrected chi connectivity index (χ0v) is 13.3. The lowest BCUT2D eigenvalue weighted by molar-refractivity contribution is 0.131. The van der Waals surface area contributed by atoms with Crippen molar-refractivity contribution < 1.29 is 0 Å². The minimum Gasteiger partial charge on any atom is -0.314 e. The molecule has 2 aliphatic heterocycles. The van der Waals surface area contributed by atoms with Crippen LogP contribution in [0.25, 0.3) is 0 Å². The zero-order valence-electron chi connectivity index (χ0n) is 13.3. The maximum absolute atomic E-state index is 3.79. The first-order valence-corrected chi connectivity index (χ1v) is 8.66. The molecule has 0 aliphatic carbocycles. The van der Waals surface area contributed by atoms with Crippen LogP contribution in [-0.4, -0.2) is 36.6 Å². The van der Waals surface area contributed by atoms with Crippen LogP contribution >= 0.6 is 0 Å². The van der Waals surface area contributed by atoms with Gasteiger partial charge in [-0.05, 0) is 58.5 Å². The van der Waals surface area contributed by atoms with Crippen molar-refractivity contribution in [3.8, 4) is 0 Å². The quantitative estimate of drug-likeness (QED) is 0.672. The van der Waals surface area contributed by atoms with Crippen molar-refractivity contribution in [2.24, 2.45) is 5.92 Å². The molecular weight excluding hydrogens is 232 g/mol. The highest BCUT2D eigenvalue weighted by Crippen LogP contribution is 2.37. The number of hydrogen-bond donors (Lipinski definition) is 1. The molecule has 2 rings (SSSR count). The molecule has 0 radical (unpaired) electrons. The van der Waals surface area contributed by atoms with Crippen LogP contribution in [0.5, 0.6) is 0 Å². The van der Waals surface area contributed by atoms with Crippen molar-refractivity contribution in [2.75, 3.05) is 13.6 Å². The molecule has 3 atom stereocenters. The fraction of sp³-hybridized carbons (Fsp3) is 1.00. The molecule has 19 heavy (non-hydrogen) atoms. The summed E-state index contributed by atoms with van der Waals surface area (Å²) in [5.74, 6) is 0.937. The van der Waals surface area contributed by atoms with Crippen molar-refractivity contribution in [1.82, 2.24) is 10.2 Å². The summed E-state index contributed by atoms with van der Waals surface area (Å²) < 4.78 is 0. The number of rotatable bonds is 8. The summed E-state index contributed by atoms with van der Waals surface area (Å²) in [6.07, 6.45) is 12.7. The summed E-state index contributed by atoms with van der Waals surface area (Å²) in [5.41, 5.74) is 0. The third kappa shape index (κ3) is 4.46. The predicted octanol–water partition coefficient (Wildman–Crippen LogP) is 3.81. The van der Waals surface area contributed by atoms with Crippen LogP contribution in [0.2, 0.25) is 0 Å². The van der Waals surface area contributed by atoms with Gasteiger partial charge in [0.15, 0.2) is 0 Å². The highest BCUT2D eigenvalue weighted by Gasteiger charge is 2.38. The van der Waals surface area contributed by atoms with Crippen LogP contribution in [0.1, 0.15) is 71.6 Å². The standard InChI is InChI=1S/C17H34N2/c1-4-5-6-7-8-14(2)18-13-15-11-16-9-10-17(12-15)19(16)3/h14-18H,4-13H2,1-3H3. The lowest BCUT2D eigenvalue weighted by atomic mass is 9.91. The van der Waals surface area contributed by atoms with E-state index in [-0.39, 0.29) is 0 Å². The van der Waals surface area contributed by atoms with Gasteiger partial charge in [-0.3, -0.25) is 0 Å². The molecule has 2 heterocycles. The molecule has 0 spiro atoms. The Morgan fingerprint density at radius 3 is 2.42 bits per heavy atom.